The van der Waals surface area contributed by atoms with Gasteiger partial charge in [-0.25, -0.2) is 8.42 Å². The first-order chi connectivity index (χ1) is 21.2. The van der Waals surface area contributed by atoms with Crippen molar-refractivity contribution in [2.75, 3.05) is 10.8 Å². The summed E-state index contributed by atoms with van der Waals surface area (Å²) in [4.78, 5) is 29.9. The maximum Gasteiger partial charge on any atom is 0.264 e. The Morgan fingerprint density at radius 1 is 0.800 bits per heavy atom. The second kappa shape index (κ2) is 14.5. The van der Waals surface area contributed by atoms with Crippen LogP contribution in [0, 0.1) is 6.92 Å². The third kappa shape index (κ3) is 9.33. The molecule has 4 rings (SSSR count). The van der Waals surface area contributed by atoms with Gasteiger partial charge in [0.25, 0.3) is 10.0 Å². The average Bonchev–Trinajstić information content (AvgIpc) is 2.98. The van der Waals surface area contributed by atoms with Gasteiger partial charge in [0.1, 0.15) is 12.6 Å². The summed E-state index contributed by atoms with van der Waals surface area (Å²) >= 11 is 12.6. The lowest BCUT2D eigenvalue weighted by atomic mass is 10.0. The predicted octanol–water partition coefficient (Wildman–Crippen LogP) is 7.05. The fourth-order valence-corrected chi connectivity index (χ4v) is 6.76. The van der Waals surface area contributed by atoms with E-state index in [1.807, 2.05) is 82.3 Å². The van der Waals surface area contributed by atoms with Crippen LogP contribution in [0.15, 0.2) is 108 Å². The van der Waals surface area contributed by atoms with Gasteiger partial charge in [0.2, 0.25) is 11.8 Å². The van der Waals surface area contributed by atoms with Crippen LogP contribution in [0.3, 0.4) is 0 Å². The Hall–Kier alpha value is -3.85. The van der Waals surface area contributed by atoms with Gasteiger partial charge in [0, 0.05) is 28.5 Å². The maximum absolute atomic E-state index is 14.5. The van der Waals surface area contributed by atoms with E-state index in [4.69, 9.17) is 23.2 Å². The molecule has 0 aliphatic heterocycles. The highest BCUT2D eigenvalue weighted by atomic mass is 35.5. The first-order valence-electron chi connectivity index (χ1n) is 14.5. The van der Waals surface area contributed by atoms with E-state index in [0.29, 0.717) is 0 Å². The van der Waals surface area contributed by atoms with Crippen molar-refractivity contribution in [3.05, 3.63) is 130 Å². The summed E-state index contributed by atoms with van der Waals surface area (Å²) in [5, 5.41) is 3.45. The minimum Gasteiger partial charge on any atom is -0.350 e. The Balaban J connectivity index is 1.83. The minimum absolute atomic E-state index is 0.00899. The SMILES string of the molecule is Cc1ccc(CN(C(=O)CN(c2cc(Cl)cc(Cl)c2)S(=O)(=O)c2ccccc2)C(Cc2ccccc2)C(=O)NC(C)(C)C)cc1. The number of benzene rings is 4. The van der Waals surface area contributed by atoms with Crippen molar-refractivity contribution in [3.8, 4) is 0 Å². The van der Waals surface area contributed by atoms with Gasteiger partial charge in [-0.3, -0.25) is 13.9 Å². The van der Waals surface area contributed by atoms with Crippen molar-refractivity contribution in [1.82, 2.24) is 10.2 Å². The molecule has 0 aromatic heterocycles. The van der Waals surface area contributed by atoms with Crippen LogP contribution in [-0.2, 0) is 32.6 Å². The molecule has 4 aromatic rings. The Bertz CT molecular complexity index is 1710. The fourth-order valence-electron chi connectivity index (χ4n) is 4.83. The first-order valence-corrected chi connectivity index (χ1v) is 16.7. The van der Waals surface area contributed by atoms with Crippen molar-refractivity contribution < 1.29 is 18.0 Å². The molecule has 236 valence electrons. The van der Waals surface area contributed by atoms with Gasteiger partial charge < -0.3 is 10.2 Å². The monoisotopic (exact) mass is 665 g/mol. The molecule has 0 saturated carbocycles. The molecular formula is C35H37Cl2N3O4S. The maximum atomic E-state index is 14.5. The second-order valence-electron chi connectivity index (χ2n) is 11.9. The number of hydrogen-bond acceptors (Lipinski definition) is 4. The fraction of sp³-hybridized carbons (Fsp3) is 0.257. The summed E-state index contributed by atoms with van der Waals surface area (Å²) in [7, 11) is -4.26. The molecular weight excluding hydrogens is 629 g/mol. The molecule has 1 unspecified atom stereocenters. The van der Waals surface area contributed by atoms with Crippen molar-refractivity contribution in [2.24, 2.45) is 0 Å². The summed E-state index contributed by atoms with van der Waals surface area (Å²) in [6, 6.07) is 28.3. The lowest BCUT2D eigenvalue weighted by Gasteiger charge is -2.35. The quantitative estimate of drug-likeness (QED) is 0.186. The molecule has 4 aromatic carbocycles. The molecule has 0 spiro atoms. The van der Waals surface area contributed by atoms with Crippen molar-refractivity contribution in [3.63, 3.8) is 0 Å². The second-order valence-corrected chi connectivity index (χ2v) is 14.6. The molecule has 0 saturated heterocycles. The molecule has 2 amide bonds. The lowest BCUT2D eigenvalue weighted by Crippen LogP contribution is -2.56. The molecule has 1 N–H and O–H groups in total. The molecule has 45 heavy (non-hydrogen) atoms. The van der Waals surface area contributed by atoms with Gasteiger partial charge in [-0.15, -0.1) is 0 Å². The van der Waals surface area contributed by atoms with E-state index >= 15 is 0 Å². The first kappa shape index (κ1) is 34.0. The number of carbonyl (C=O) groups is 2. The van der Waals surface area contributed by atoms with Crippen LogP contribution in [0.2, 0.25) is 10.0 Å². The number of nitrogens with zero attached hydrogens (tertiary/aromatic N) is 2. The number of anilines is 1. The summed E-state index contributed by atoms with van der Waals surface area (Å²) in [6.45, 7) is 7.04. The van der Waals surface area contributed by atoms with Gasteiger partial charge in [-0.2, -0.15) is 0 Å². The zero-order valence-corrected chi connectivity index (χ0v) is 28.0. The number of rotatable bonds is 11. The van der Waals surface area contributed by atoms with Crippen LogP contribution in [0.4, 0.5) is 5.69 Å². The van der Waals surface area contributed by atoms with Crippen molar-refractivity contribution in [1.29, 1.82) is 0 Å². The van der Waals surface area contributed by atoms with E-state index in [-0.39, 0.29) is 39.5 Å². The van der Waals surface area contributed by atoms with Gasteiger partial charge in [-0.05, 0) is 69.2 Å². The molecule has 0 aliphatic carbocycles. The van der Waals surface area contributed by atoms with E-state index in [2.05, 4.69) is 5.32 Å². The third-order valence-electron chi connectivity index (χ3n) is 6.99. The van der Waals surface area contributed by atoms with Gasteiger partial charge in [0.05, 0.1) is 10.6 Å². The van der Waals surface area contributed by atoms with Gasteiger partial charge in [0.15, 0.2) is 0 Å². The Kier molecular flexibility index (Phi) is 11.0. The number of aryl methyl sites for hydroxylation is 1. The lowest BCUT2D eigenvalue weighted by molar-refractivity contribution is -0.140. The van der Waals surface area contributed by atoms with Crippen LogP contribution in [-0.4, -0.2) is 43.3 Å². The molecule has 10 heteroatoms. The minimum atomic E-state index is -4.26. The summed E-state index contributed by atoms with van der Waals surface area (Å²) in [5.41, 5.74) is 2.23. The summed E-state index contributed by atoms with van der Waals surface area (Å²) < 4.78 is 29.2. The highest BCUT2D eigenvalue weighted by molar-refractivity contribution is 7.92. The number of nitrogens with one attached hydrogen (secondary N) is 1. The van der Waals surface area contributed by atoms with Gasteiger partial charge in [-0.1, -0.05) is 102 Å². The number of amides is 2. The third-order valence-corrected chi connectivity index (χ3v) is 9.21. The normalized spacial score (nSPS) is 12.3. The highest BCUT2D eigenvalue weighted by Crippen LogP contribution is 2.30. The number of sulfonamides is 1. The number of carbonyl (C=O) groups excluding carboxylic acids is 2. The Morgan fingerprint density at radius 2 is 1.36 bits per heavy atom. The van der Waals surface area contributed by atoms with Crippen LogP contribution in [0.1, 0.15) is 37.5 Å². The predicted molar refractivity (Wildman–Crippen MR) is 181 cm³/mol. The van der Waals surface area contributed by atoms with Crippen LogP contribution in [0.25, 0.3) is 0 Å². The summed E-state index contributed by atoms with van der Waals surface area (Å²) in [5.74, 6) is -0.925. The molecule has 0 radical (unpaired) electrons. The molecule has 0 fully saturated rings. The van der Waals surface area contributed by atoms with E-state index in [0.717, 1.165) is 21.0 Å². The molecule has 0 bridgehead atoms. The van der Waals surface area contributed by atoms with Crippen molar-refractivity contribution >= 4 is 50.7 Å². The smallest absolute Gasteiger partial charge is 0.264 e. The number of halogens is 2. The number of hydrogen-bond donors (Lipinski definition) is 1. The topological polar surface area (TPSA) is 86.8 Å². The van der Waals surface area contributed by atoms with Crippen LogP contribution in [0.5, 0.6) is 0 Å². The van der Waals surface area contributed by atoms with E-state index in [1.54, 1.807) is 18.2 Å². The zero-order valence-electron chi connectivity index (χ0n) is 25.7. The molecule has 0 heterocycles. The zero-order chi connectivity index (χ0) is 32.8. The largest absolute Gasteiger partial charge is 0.350 e. The molecule has 1 atom stereocenters. The van der Waals surface area contributed by atoms with E-state index in [1.165, 1.54) is 35.2 Å². The molecule has 7 nitrogen and oxygen atoms in total. The van der Waals surface area contributed by atoms with Crippen molar-refractivity contribution in [2.45, 2.75) is 57.1 Å². The van der Waals surface area contributed by atoms with E-state index < -0.39 is 34.1 Å². The van der Waals surface area contributed by atoms with Gasteiger partial charge >= 0.3 is 0 Å². The Labute approximate surface area is 275 Å². The van der Waals surface area contributed by atoms with Crippen LogP contribution < -0.4 is 9.62 Å². The average molecular weight is 667 g/mol. The van der Waals surface area contributed by atoms with E-state index in [9.17, 15) is 18.0 Å². The Morgan fingerprint density at radius 3 is 1.91 bits per heavy atom. The molecule has 0 aliphatic rings. The highest BCUT2D eigenvalue weighted by Gasteiger charge is 2.35. The standard InChI is InChI=1S/C35H37Cl2N3O4S/c1-25-15-17-27(18-16-25)23-39(32(34(42)38-35(2,3)4)19-26-11-7-5-8-12-26)33(41)24-40(30-21-28(36)20-29(37)22-30)45(43,44)31-13-9-6-10-14-31/h5-18,20-22,32H,19,23-24H2,1-4H3,(H,38,42). The van der Waals surface area contributed by atoms with Crippen LogP contribution >= 0.6 is 23.2 Å². The summed E-state index contributed by atoms with van der Waals surface area (Å²) in [6.07, 6.45) is 0.217.